The number of Topliss-reactive ketones (excluding diaryl/α,β-unsaturated/α-hetero) is 1. The van der Waals surface area contributed by atoms with Crippen LogP contribution in [0, 0.1) is 17.3 Å². The summed E-state index contributed by atoms with van der Waals surface area (Å²) < 4.78 is 0. The molecule has 6 nitrogen and oxygen atoms in total. The highest BCUT2D eigenvalue weighted by Gasteiger charge is 2.74. The summed E-state index contributed by atoms with van der Waals surface area (Å²) >= 11 is 0. The lowest BCUT2D eigenvalue weighted by atomic mass is 9.48. The first-order valence-electron chi connectivity index (χ1n) is 18.4. The maximum absolute atomic E-state index is 13.3. The molecule has 0 unspecified atom stereocenters. The van der Waals surface area contributed by atoms with Gasteiger partial charge in [-0.05, 0) is 115 Å². The number of rotatable bonds is 2. The van der Waals surface area contributed by atoms with E-state index in [2.05, 4.69) is 68.7 Å². The molecule has 1 aromatic heterocycles. The van der Waals surface area contributed by atoms with Gasteiger partial charge in [0, 0.05) is 59.5 Å². The van der Waals surface area contributed by atoms with Gasteiger partial charge in [0.15, 0.2) is 0 Å². The first kappa shape index (κ1) is 30.1. The molecule has 3 fully saturated rings. The molecule has 1 aliphatic carbocycles. The number of allylic oxidation sites excluding steroid dienone is 4. The average molecular weight is 611 g/mol. The molecule has 6 heterocycles. The van der Waals surface area contributed by atoms with Crippen molar-refractivity contribution in [3.8, 4) is 0 Å². The number of aliphatic hydroxyl groups is 1. The Kier molecular flexibility index (Phi) is 8.08. The summed E-state index contributed by atoms with van der Waals surface area (Å²) in [6.45, 7) is 5.91. The van der Waals surface area contributed by atoms with Crippen LogP contribution < -0.4 is 5.32 Å². The molecule has 45 heavy (non-hydrogen) atoms. The van der Waals surface area contributed by atoms with Crippen LogP contribution in [0.2, 0.25) is 0 Å². The normalized spacial score (nSPS) is 40.6. The summed E-state index contributed by atoms with van der Waals surface area (Å²) in [5.74, 6) is 0.770. The molecule has 8 atom stereocenters. The van der Waals surface area contributed by atoms with Gasteiger partial charge in [-0.1, -0.05) is 42.5 Å². The van der Waals surface area contributed by atoms with Crippen LogP contribution in [0.1, 0.15) is 101 Å². The van der Waals surface area contributed by atoms with Gasteiger partial charge in [0.1, 0.15) is 5.78 Å². The van der Waals surface area contributed by atoms with Gasteiger partial charge in [-0.2, -0.15) is 0 Å². The Hall–Kier alpha value is -2.25. The van der Waals surface area contributed by atoms with Gasteiger partial charge in [-0.3, -0.25) is 14.6 Å². The third-order valence-electron chi connectivity index (χ3n) is 13.2. The zero-order valence-electron chi connectivity index (χ0n) is 27.4. The second-order valence-corrected chi connectivity index (χ2v) is 15.5. The number of carbonyl (C=O) groups excluding carboxylic acids is 1. The van der Waals surface area contributed by atoms with E-state index in [0.717, 1.165) is 71.1 Å². The fraction of sp³-hybridized carbons (Fsp3) is 0.667. The molecule has 242 valence electrons. The quantitative estimate of drug-likeness (QED) is 0.340. The summed E-state index contributed by atoms with van der Waals surface area (Å²) in [5, 5.41) is 18.9. The Balaban J connectivity index is 1.33. The fourth-order valence-corrected chi connectivity index (χ4v) is 11.6. The molecule has 6 heteroatoms. The lowest BCUT2D eigenvalue weighted by Gasteiger charge is -2.64. The van der Waals surface area contributed by atoms with Crippen molar-refractivity contribution in [2.45, 2.75) is 120 Å². The van der Waals surface area contributed by atoms with Crippen LogP contribution >= 0.6 is 0 Å². The minimum absolute atomic E-state index is 0.0566. The monoisotopic (exact) mass is 610 g/mol. The second kappa shape index (κ2) is 12.1. The zero-order chi connectivity index (χ0) is 30.6. The van der Waals surface area contributed by atoms with E-state index in [1.807, 2.05) is 0 Å². The van der Waals surface area contributed by atoms with Gasteiger partial charge in [0.2, 0.25) is 0 Å². The third kappa shape index (κ3) is 4.76. The number of carbonyl (C=O) groups is 1. The maximum atomic E-state index is 13.3. The lowest BCUT2D eigenvalue weighted by molar-refractivity contribution is -0.174. The predicted octanol–water partition coefficient (Wildman–Crippen LogP) is 6.47. The summed E-state index contributed by atoms with van der Waals surface area (Å²) in [4.78, 5) is 22.3. The Morgan fingerprint density at radius 2 is 1.76 bits per heavy atom. The lowest BCUT2D eigenvalue weighted by Crippen LogP contribution is -2.74. The highest BCUT2D eigenvalue weighted by atomic mass is 16.3. The van der Waals surface area contributed by atoms with Gasteiger partial charge < -0.3 is 15.4 Å². The van der Waals surface area contributed by atoms with Crippen molar-refractivity contribution in [3.63, 3.8) is 0 Å². The molecule has 0 amide bonds. The summed E-state index contributed by atoms with van der Waals surface area (Å²) in [6.07, 6.45) is 23.3. The third-order valence-corrected chi connectivity index (χ3v) is 13.2. The smallest absolute Gasteiger partial charge is 0.131 e. The number of benzene rings is 1. The first-order chi connectivity index (χ1) is 22.0. The fourth-order valence-electron chi connectivity index (χ4n) is 11.6. The molecule has 2 bridgehead atoms. The van der Waals surface area contributed by atoms with Gasteiger partial charge in [-0.25, -0.2) is 0 Å². The molecule has 6 aliphatic rings. The number of aliphatic hydroxyl groups excluding tert-OH is 1. The number of fused-ring (bicyclic) bond motifs is 7. The molecule has 1 spiro atoms. The van der Waals surface area contributed by atoms with E-state index >= 15 is 0 Å². The molecule has 8 rings (SSSR count). The average Bonchev–Trinajstić information content (AvgIpc) is 3.51. The standard InChI is InChI=1S/C39H54N4O2/c1-27(44)24-28-25-31-33(35-34-30(18-23-43(28)35)29-16-10-11-17-32(29)41-34)36(45)39-20-13-7-3-5-9-15-22-42(39)26-38(31)19-12-6-2-4-8-14-21-40-37(38)39/h2-3,6-7,10-11,16-17,28,31,33,35-37,40-41,45H,4-5,8-9,12-15,18-26H2,1H3/b6-2-,7-3-/t28-,31-,33+,35+,36-,37+,38-,39+/m0/s1. The van der Waals surface area contributed by atoms with Crippen molar-refractivity contribution in [1.29, 1.82) is 0 Å². The second-order valence-electron chi connectivity index (χ2n) is 15.5. The highest BCUT2D eigenvalue weighted by molar-refractivity contribution is 5.85. The number of ketones is 1. The molecule has 0 radical (unpaired) electrons. The number of nitrogens with one attached hydrogen (secondary N) is 2. The molecule has 2 saturated heterocycles. The Bertz CT molecular complexity index is 1460. The highest BCUT2D eigenvalue weighted by Crippen LogP contribution is 2.66. The van der Waals surface area contributed by atoms with Crippen molar-refractivity contribution in [3.05, 3.63) is 59.8 Å². The van der Waals surface area contributed by atoms with Crippen LogP contribution in [0.15, 0.2) is 48.6 Å². The van der Waals surface area contributed by atoms with E-state index in [9.17, 15) is 9.90 Å². The number of aromatic amines is 1. The number of piperidine rings is 1. The number of hydrogen-bond donors (Lipinski definition) is 3. The van der Waals surface area contributed by atoms with Gasteiger partial charge in [0.05, 0.1) is 17.7 Å². The largest absolute Gasteiger partial charge is 0.391 e. The van der Waals surface area contributed by atoms with Crippen LogP contribution in [-0.4, -0.2) is 75.6 Å². The Morgan fingerprint density at radius 3 is 2.60 bits per heavy atom. The molecule has 1 saturated carbocycles. The molecular weight excluding hydrogens is 556 g/mol. The number of nitrogens with zero attached hydrogens (tertiary/aromatic N) is 2. The molecular formula is C39H54N4O2. The van der Waals surface area contributed by atoms with Crippen LogP contribution in [0.3, 0.4) is 0 Å². The van der Waals surface area contributed by atoms with Gasteiger partial charge >= 0.3 is 0 Å². The molecule has 1 aromatic carbocycles. The van der Waals surface area contributed by atoms with E-state index in [4.69, 9.17) is 0 Å². The Morgan fingerprint density at radius 1 is 0.978 bits per heavy atom. The number of hydrogen-bond acceptors (Lipinski definition) is 5. The van der Waals surface area contributed by atoms with Gasteiger partial charge in [0.25, 0.3) is 0 Å². The van der Waals surface area contributed by atoms with Crippen LogP contribution in [0.4, 0.5) is 0 Å². The number of para-hydroxylation sites is 1. The molecule has 5 aliphatic heterocycles. The Labute approximate surface area is 269 Å². The number of aromatic nitrogens is 1. The predicted molar refractivity (Wildman–Crippen MR) is 181 cm³/mol. The van der Waals surface area contributed by atoms with E-state index < -0.39 is 6.10 Å². The molecule has 2 aromatic rings. The van der Waals surface area contributed by atoms with Crippen LogP contribution in [0.25, 0.3) is 10.9 Å². The van der Waals surface area contributed by atoms with E-state index in [-0.39, 0.29) is 35.0 Å². The van der Waals surface area contributed by atoms with Crippen LogP contribution in [0.5, 0.6) is 0 Å². The van der Waals surface area contributed by atoms with Crippen molar-refractivity contribution < 1.29 is 9.90 Å². The van der Waals surface area contributed by atoms with E-state index in [0.29, 0.717) is 18.1 Å². The molecule has 3 N–H and O–H groups in total. The minimum Gasteiger partial charge on any atom is -0.391 e. The SMILES string of the molecule is CC(=O)C[C@H]1C[C@H]2[C@H]([C@@H]3c4[nH]c5ccccc5c4CCN13)[C@H](O)[C@@]13CC/C=C\CCCCN1C[C@@]21CC/C=C\CCCCN[C@H]13. The summed E-state index contributed by atoms with van der Waals surface area (Å²) in [5.41, 5.74) is 3.75. The van der Waals surface area contributed by atoms with Crippen molar-refractivity contribution >= 4 is 16.7 Å². The number of H-pyrrole nitrogens is 1. The van der Waals surface area contributed by atoms with Crippen molar-refractivity contribution in [2.75, 3.05) is 26.2 Å². The summed E-state index contributed by atoms with van der Waals surface area (Å²) in [6, 6.07) is 9.38. The first-order valence-corrected chi connectivity index (χ1v) is 18.4. The summed E-state index contributed by atoms with van der Waals surface area (Å²) in [7, 11) is 0. The minimum atomic E-state index is -0.438. The van der Waals surface area contributed by atoms with Crippen molar-refractivity contribution in [2.24, 2.45) is 17.3 Å². The van der Waals surface area contributed by atoms with E-state index in [1.165, 1.54) is 54.3 Å². The van der Waals surface area contributed by atoms with Crippen LogP contribution in [-0.2, 0) is 11.2 Å². The van der Waals surface area contributed by atoms with Crippen molar-refractivity contribution in [1.82, 2.24) is 20.1 Å². The topological polar surface area (TPSA) is 71.6 Å². The van der Waals surface area contributed by atoms with E-state index in [1.54, 1.807) is 6.92 Å². The maximum Gasteiger partial charge on any atom is 0.131 e. The zero-order valence-corrected chi connectivity index (χ0v) is 27.4. The van der Waals surface area contributed by atoms with Gasteiger partial charge in [-0.15, -0.1) is 0 Å².